The fourth-order valence-electron chi connectivity index (χ4n) is 0.599. The number of allylic oxidation sites excluding steroid dienone is 2. The van der Waals surface area contributed by atoms with Gasteiger partial charge in [-0.05, 0) is 6.42 Å². The molecule has 4 heteroatoms. The molecule has 2 nitrogen and oxygen atoms in total. The lowest BCUT2D eigenvalue weighted by molar-refractivity contribution is -0.113. The first-order valence-electron chi connectivity index (χ1n) is 4.93. The van der Waals surface area contributed by atoms with Crippen molar-refractivity contribution in [3.8, 4) is 0 Å². The van der Waals surface area contributed by atoms with Crippen molar-refractivity contribution in [2.45, 2.75) is 17.6 Å². The number of halogens is 2. The fourth-order valence-corrected chi connectivity index (χ4v) is 0.694. The van der Waals surface area contributed by atoms with E-state index < -0.39 is 28.8 Å². The first kappa shape index (κ1) is 4.73. The standard InChI is InChI=1S/C7H8Cl2O2/c8-7(9)6(10)4-5-2-1-3-11-5/h4,7H,1-3H2/b5-4+/i2D2,4D,7D. The van der Waals surface area contributed by atoms with E-state index in [2.05, 4.69) is 0 Å². The molecule has 1 aliphatic rings. The van der Waals surface area contributed by atoms with Crippen molar-refractivity contribution in [1.82, 2.24) is 0 Å². The molecule has 0 amide bonds. The molecule has 0 bridgehead atoms. The summed E-state index contributed by atoms with van der Waals surface area (Å²) in [7, 11) is 0. The monoisotopic (exact) mass is 198 g/mol. The zero-order valence-electron chi connectivity index (χ0n) is 9.49. The average molecular weight is 199 g/mol. The van der Waals surface area contributed by atoms with Gasteiger partial charge in [0.2, 0.25) is 0 Å². The number of hydrogen-bond donors (Lipinski definition) is 0. The van der Waals surface area contributed by atoms with Crippen molar-refractivity contribution in [1.29, 1.82) is 0 Å². The molecule has 0 aliphatic carbocycles. The van der Waals surface area contributed by atoms with Gasteiger partial charge in [0.1, 0.15) is 0 Å². The summed E-state index contributed by atoms with van der Waals surface area (Å²) in [4.78, 5) is 8.82. The Hall–Kier alpha value is -0.210. The van der Waals surface area contributed by atoms with Crippen LogP contribution in [0, 0.1) is 0 Å². The Morgan fingerprint density at radius 2 is 2.73 bits per heavy atom. The second kappa shape index (κ2) is 3.98. The van der Waals surface area contributed by atoms with Gasteiger partial charge in [-0.3, -0.25) is 4.79 Å². The van der Waals surface area contributed by atoms with Crippen molar-refractivity contribution in [2.75, 3.05) is 6.61 Å². The second-order valence-corrected chi connectivity index (χ2v) is 2.77. The van der Waals surface area contributed by atoms with Crippen LogP contribution >= 0.6 is 23.2 Å². The molecule has 0 aromatic carbocycles. The van der Waals surface area contributed by atoms with E-state index in [1.807, 2.05) is 0 Å². The summed E-state index contributed by atoms with van der Waals surface area (Å²) >= 11 is 10.4. The number of alkyl halides is 2. The van der Waals surface area contributed by atoms with Crippen molar-refractivity contribution in [3.05, 3.63) is 11.8 Å². The Morgan fingerprint density at radius 1 is 2.00 bits per heavy atom. The number of rotatable bonds is 2. The van der Waals surface area contributed by atoms with E-state index in [9.17, 15) is 4.79 Å². The van der Waals surface area contributed by atoms with Crippen LogP contribution in [-0.4, -0.2) is 17.2 Å². The molecule has 0 radical (unpaired) electrons. The Kier molecular flexibility index (Phi) is 1.71. The predicted octanol–water partition coefficient (Wildman–Crippen LogP) is 2.05. The van der Waals surface area contributed by atoms with Gasteiger partial charge in [-0.1, -0.05) is 23.2 Å². The minimum absolute atomic E-state index is 0.0631. The third-order valence-electron chi connectivity index (χ3n) is 1.03. The summed E-state index contributed by atoms with van der Waals surface area (Å²) in [6, 6.07) is -0.780. The molecule has 0 saturated carbocycles. The lowest BCUT2D eigenvalue weighted by atomic mass is 10.3. The molecule has 0 atom stereocenters. The normalized spacial score (nSPS) is 32.5. The zero-order chi connectivity index (χ0) is 11.9. The average Bonchev–Trinajstić information content (AvgIpc) is 2.41. The maximum absolute atomic E-state index is 11.3. The summed E-state index contributed by atoms with van der Waals surface area (Å²) in [5.41, 5.74) is 0. The van der Waals surface area contributed by atoms with Gasteiger partial charge in [0.05, 0.1) is 15.1 Å². The fraction of sp³-hybridized carbons (Fsp3) is 0.571. The lowest BCUT2D eigenvalue weighted by Crippen LogP contribution is -2.04. The first-order valence-corrected chi connectivity index (χ1v) is 3.68. The van der Waals surface area contributed by atoms with Crippen LogP contribution in [0.25, 0.3) is 0 Å². The SMILES string of the molecule is [2H]/C(C(=O)C([2H])(Cl)Cl)=C1\OCCC1([2H])[2H]. The van der Waals surface area contributed by atoms with Crippen LogP contribution in [0.1, 0.15) is 18.3 Å². The quantitative estimate of drug-likeness (QED) is 0.502. The molecule has 0 unspecified atom stereocenters. The maximum atomic E-state index is 11.3. The largest absolute Gasteiger partial charge is 0.498 e. The number of carbonyl (C=O) groups excluding carboxylic acids is 1. The van der Waals surface area contributed by atoms with Crippen LogP contribution in [0.5, 0.6) is 0 Å². The number of ketones is 1. The van der Waals surface area contributed by atoms with Crippen LogP contribution in [0.15, 0.2) is 11.8 Å². The molecule has 1 rings (SSSR count). The van der Waals surface area contributed by atoms with Gasteiger partial charge in [0, 0.05) is 15.2 Å². The smallest absolute Gasteiger partial charge is 0.191 e. The lowest BCUT2D eigenvalue weighted by Gasteiger charge is -1.97. The summed E-state index contributed by atoms with van der Waals surface area (Å²) in [5.74, 6) is -1.59. The van der Waals surface area contributed by atoms with E-state index >= 15 is 0 Å². The van der Waals surface area contributed by atoms with Crippen molar-refractivity contribution in [2.24, 2.45) is 0 Å². The minimum atomic E-state index is -2.48. The molecule has 0 aromatic rings. The van der Waals surface area contributed by atoms with Gasteiger partial charge in [0.15, 0.2) is 10.6 Å². The molecule has 1 heterocycles. The highest BCUT2D eigenvalue weighted by molar-refractivity contribution is 6.54. The van der Waals surface area contributed by atoms with E-state index in [0.29, 0.717) is 0 Å². The van der Waals surface area contributed by atoms with Gasteiger partial charge in [-0.15, -0.1) is 0 Å². The molecule has 11 heavy (non-hydrogen) atoms. The molecule has 1 saturated heterocycles. The molecule has 62 valence electrons. The highest BCUT2D eigenvalue weighted by Gasteiger charge is 2.13. The Balaban J connectivity index is 3.06. The van der Waals surface area contributed by atoms with Crippen LogP contribution in [0.2, 0.25) is 0 Å². The third kappa shape index (κ3) is 2.72. The number of ether oxygens (including phenoxy) is 1. The van der Waals surface area contributed by atoms with Gasteiger partial charge < -0.3 is 4.74 Å². The topological polar surface area (TPSA) is 26.3 Å². The summed E-state index contributed by atoms with van der Waals surface area (Å²) < 4.78 is 34.1. The van der Waals surface area contributed by atoms with Gasteiger partial charge in [-0.25, -0.2) is 0 Å². The Labute approximate surface area is 80.7 Å². The van der Waals surface area contributed by atoms with Gasteiger partial charge in [0.25, 0.3) is 0 Å². The summed E-state index contributed by atoms with van der Waals surface area (Å²) in [6.45, 7) is 0.0908. The molecule has 1 fully saturated rings. The molecule has 0 aromatic heterocycles. The van der Waals surface area contributed by atoms with E-state index in [-0.39, 0.29) is 13.0 Å². The Morgan fingerprint density at radius 3 is 3.18 bits per heavy atom. The minimum Gasteiger partial charge on any atom is -0.498 e. The highest BCUT2D eigenvalue weighted by atomic mass is 35.5. The Bertz CT molecular complexity index is 321. The summed E-state index contributed by atoms with van der Waals surface area (Å²) in [5, 5.41) is 0. The van der Waals surface area contributed by atoms with Crippen LogP contribution in [0.3, 0.4) is 0 Å². The van der Waals surface area contributed by atoms with Crippen LogP contribution in [-0.2, 0) is 9.53 Å². The van der Waals surface area contributed by atoms with E-state index in [1.165, 1.54) is 0 Å². The molecule has 1 aliphatic heterocycles. The predicted molar refractivity (Wildman–Crippen MR) is 43.8 cm³/mol. The van der Waals surface area contributed by atoms with Crippen LogP contribution in [0.4, 0.5) is 0 Å². The number of hydrogen-bond acceptors (Lipinski definition) is 2. The summed E-state index contributed by atoms with van der Waals surface area (Å²) in [6.07, 6.45) is -1.81. The van der Waals surface area contributed by atoms with Crippen molar-refractivity contribution >= 4 is 29.0 Å². The van der Waals surface area contributed by atoms with Crippen molar-refractivity contribution < 1.29 is 15.0 Å². The number of carbonyl (C=O) groups is 1. The van der Waals surface area contributed by atoms with E-state index in [1.54, 1.807) is 0 Å². The molecule has 0 N–H and O–H groups in total. The third-order valence-corrected chi connectivity index (χ3v) is 1.38. The molecular formula is C7H8Cl2O2. The van der Waals surface area contributed by atoms with Crippen LogP contribution < -0.4 is 0 Å². The molecule has 0 spiro atoms. The zero-order valence-corrected chi connectivity index (χ0v) is 7.00. The first-order chi connectivity index (χ1) is 6.66. The van der Waals surface area contributed by atoms with E-state index in [4.69, 9.17) is 33.4 Å². The van der Waals surface area contributed by atoms with Gasteiger partial charge >= 0.3 is 0 Å². The molecular weight excluding hydrogens is 187 g/mol. The maximum Gasteiger partial charge on any atom is 0.191 e. The van der Waals surface area contributed by atoms with E-state index in [0.717, 1.165) is 0 Å². The van der Waals surface area contributed by atoms with Gasteiger partial charge in [-0.2, -0.15) is 0 Å². The second-order valence-electron chi connectivity index (χ2n) is 1.82. The highest BCUT2D eigenvalue weighted by Crippen LogP contribution is 2.17. The van der Waals surface area contributed by atoms with Crippen molar-refractivity contribution in [3.63, 3.8) is 0 Å².